The fourth-order valence-electron chi connectivity index (χ4n) is 3.39. The van der Waals surface area contributed by atoms with Gasteiger partial charge in [-0.1, -0.05) is 31.4 Å². The maximum Gasteiger partial charge on any atom is 0.269 e. The molecule has 144 valence electrons. The Morgan fingerprint density at radius 3 is 2.81 bits per heavy atom. The summed E-state index contributed by atoms with van der Waals surface area (Å²) in [5, 5.41) is 21.3. The summed E-state index contributed by atoms with van der Waals surface area (Å²) >= 11 is 5.85. The molecule has 0 aromatic carbocycles. The Bertz CT molecular complexity index is 897. The molecule has 3 N–H and O–H groups in total. The largest absolute Gasteiger partial charge is 0.318 e. The van der Waals surface area contributed by atoms with E-state index in [1.165, 1.54) is 12.3 Å². The number of hydrogen-bond acceptors (Lipinski definition) is 5. The number of halogens is 1. The Morgan fingerprint density at radius 1 is 1.41 bits per heavy atom. The zero-order chi connectivity index (χ0) is 19.6. The molecule has 0 bridgehead atoms. The Morgan fingerprint density at radius 2 is 2.11 bits per heavy atom. The van der Waals surface area contributed by atoms with E-state index in [1.54, 1.807) is 17.8 Å². The van der Waals surface area contributed by atoms with Crippen molar-refractivity contribution in [3.8, 4) is 0 Å². The van der Waals surface area contributed by atoms with Crippen molar-refractivity contribution in [3.05, 3.63) is 39.5 Å². The van der Waals surface area contributed by atoms with Crippen molar-refractivity contribution in [2.45, 2.75) is 45.6 Å². The molecule has 9 heteroatoms. The van der Waals surface area contributed by atoms with Gasteiger partial charge in [0.1, 0.15) is 5.15 Å². The van der Waals surface area contributed by atoms with Gasteiger partial charge in [0.25, 0.3) is 11.5 Å². The summed E-state index contributed by atoms with van der Waals surface area (Å²) < 4.78 is 1.56. The van der Waals surface area contributed by atoms with Gasteiger partial charge >= 0.3 is 0 Å². The average Bonchev–Trinajstić information content (AvgIpc) is 3.11. The van der Waals surface area contributed by atoms with E-state index in [-0.39, 0.29) is 28.4 Å². The van der Waals surface area contributed by atoms with Gasteiger partial charge in [0.2, 0.25) is 0 Å². The Balaban J connectivity index is 1.67. The SMILES string of the molecule is CC1CCC(C(=N)C(=O)Nc2cnn(C(C)c3cc(Cl)n[nH]c3=O)c2)CC1. The monoisotopic (exact) mass is 390 g/mol. The highest BCUT2D eigenvalue weighted by atomic mass is 35.5. The quantitative estimate of drug-likeness (QED) is 0.680. The second-order valence-corrected chi connectivity index (χ2v) is 7.57. The summed E-state index contributed by atoms with van der Waals surface area (Å²) in [5.74, 6) is 0.293. The zero-order valence-corrected chi connectivity index (χ0v) is 16.1. The molecule has 0 aliphatic heterocycles. The van der Waals surface area contributed by atoms with Gasteiger partial charge in [0.05, 0.1) is 23.6 Å². The lowest BCUT2D eigenvalue weighted by atomic mass is 9.80. The molecular formula is C18H23ClN6O2. The molecule has 1 atom stereocenters. The zero-order valence-electron chi connectivity index (χ0n) is 15.3. The lowest BCUT2D eigenvalue weighted by molar-refractivity contribution is -0.110. The van der Waals surface area contributed by atoms with Gasteiger partial charge in [-0.05, 0) is 31.7 Å². The molecule has 27 heavy (non-hydrogen) atoms. The van der Waals surface area contributed by atoms with E-state index in [9.17, 15) is 9.59 Å². The Labute approximate surface area is 161 Å². The number of carbonyl (C=O) groups is 1. The van der Waals surface area contributed by atoms with E-state index in [2.05, 4.69) is 27.5 Å². The fraction of sp³-hybridized carbons (Fsp3) is 0.500. The van der Waals surface area contributed by atoms with Gasteiger partial charge in [-0.25, -0.2) is 5.10 Å². The molecular weight excluding hydrogens is 368 g/mol. The van der Waals surface area contributed by atoms with E-state index in [0.29, 0.717) is 17.2 Å². The lowest BCUT2D eigenvalue weighted by Crippen LogP contribution is -2.31. The standard InChI is InChI=1S/C18H23ClN6O2/c1-10-3-5-12(6-4-10)16(20)18(27)22-13-8-21-25(9-13)11(2)14-7-15(19)23-24-17(14)26/h7-12,20H,3-6H2,1-2H3,(H,22,27)(H,24,26). The average molecular weight is 391 g/mol. The molecule has 0 spiro atoms. The molecule has 2 aromatic heterocycles. The van der Waals surface area contributed by atoms with Gasteiger partial charge in [0, 0.05) is 17.7 Å². The molecule has 1 saturated carbocycles. The third-order valence-electron chi connectivity index (χ3n) is 5.18. The number of nitrogens with zero attached hydrogens (tertiary/aromatic N) is 3. The van der Waals surface area contributed by atoms with E-state index >= 15 is 0 Å². The summed E-state index contributed by atoms with van der Waals surface area (Å²) in [7, 11) is 0. The first-order valence-electron chi connectivity index (χ1n) is 9.04. The predicted octanol–water partition coefficient (Wildman–Crippen LogP) is 3.01. The van der Waals surface area contributed by atoms with Crippen LogP contribution in [0.4, 0.5) is 5.69 Å². The van der Waals surface area contributed by atoms with Crippen LogP contribution in [0.25, 0.3) is 0 Å². The molecule has 1 amide bonds. The van der Waals surface area contributed by atoms with Crippen molar-refractivity contribution in [1.29, 1.82) is 5.41 Å². The molecule has 2 aromatic rings. The molecule has 8 nitrogen and oxygen atoms in total. The summed E-state index contributed by atoms with van der Waals surface area (Å²) in [6.45, 7) is 4.00. The van der Waals surface area contributed by atoms with Gasteiger partial charge in [-0.3, -0.25) is 19.7 Å². The van der Waals surface area contributed by atoms with Crippen LogP contribution >= 0.6 is 11.6 Å². The van der Waals surface area contributed by atoms with Crippen LogP contribution in [0.5, 0.6) is 0 Å². The summed E-state index contributed by atoms with van der Waals surface area (Å²) in [5.41, 5.74) is 0.679. The summed E-state index contributed by atoms with van der Waals surface area (Å²) in [6.07, 6.45) is 7.01. The third kappa shape index (κ3) is 4.44. The maximum atomic E-state index is 12.4. The minimum Gasteiger partial charge on any atom is -0.318 e. The predicted molar refractivity (Wildman–Crippen MR) is 103 cm³/mol. The van der Waals surface area contributed by atoms with Crippen molar-refractivity contribution in [2.75, 3.05) is 5.32 Å². The maximum absolute atomic E-state index is 12.4. The van der Waals surface area contributed by atoms with Crippen molar-refractivity contribution < 1.29 is 4.79 Å². The first-order chi connectivity index (χ1) is 12.8. The molecule has 1 fully saturated rings. The number of amides is 1. The number of H-pyrrole nitrogens is 1. The van der Waals surface area contributed by atoms with Crippen LogP contribution in [-0.2, 0) is 4.79 Å². The van der Waals surface area contributed by atoms with E-state index in [4.69, 9.17) is 17.0 Å². The van der Waals surface area contributed by atoms with Crippen molar-refractivity contribution in [2.24, 2.45) is 11.8 Å². The van der Waals surface area contributed by atoms with Crippen LogP contribution in [0.15, 0.2) is 23.3 Å². The first-order valence-corrected chi connectivity index (χ1v) is 9.42. The normalized spacial score (nSPS) is 20.9. The first kappa shape index (κ1) is 19.3. The number of aromatic amines is 1. The third-order valence-corrected chi connectivity index (χ3v) is 5.37. The van der Waals surface area contributed by atoms with Crippen LogP contribution in [-0.4, -0.2) is 31.6 Å². The van der Waals surface area contributed by atoms with Gasteiger partial charge in [0.15, 0.2) is 0 Å². The van der Waals surface area contributed by atoms with Gasteiger partial charge in [-0.15, -0.1) is 0 Å². The highest BCUT2D eigenvalue weighted by molar-refractivity contribution is 6.42. The van der Waals surface area contributed by atoms with E-state index < -0.39 is 5.91 Å². The fourth-order valence-corrected chi connectivity index (χ4v) is 3.55. The smallest absolute Gasteiger partial charge is 0.269 e. The van der Waals surface area contributed by atoms with Crippen molar-refractivity contribution >= 4 is 28.9 Å². The number of anilines is 1. The van der Waals surface area contributed by atoms with E-state index in [1.807, 2.05) is 0 Å². The minimum absolute atomic E-state index is 0.0210. The number of rotatable bonds is 5. The minimum atomic E-state index is -0.397. The van der Waals surface area contributed by atoms with Gasteiger partial charge in [-0.2, -0.15) is 10.2 Å². The van der Waals surface area contributed by atoms with Crippen LogP contribution in [0.3, 0.4) is 0 Å². The molecule has 1 unspecified atom stereocenters. The highest BCUT2D eigenvalue weighted by Crippen LogP contribution is 2.29. The molecule has 1 aliphatic rings. The summed E-state index contributed by atoms with van der Waals surface area (Å²) in [6, 6.07) is 1.10. The van der Waals surface area contributed by atoms with Crippen molar-refractivity contribution in [1.82, 2.24) is 20.0 Å². The second kappa shape index (κ2) is 8.04. The summed E-state index contributed by atoms with van der Waals surface area (Å²) in [4.78, 5) is 24.3. The molecule has 0 radical (unpaired) electrons. The molecule has 2 heterocycles. The number of carbonyl (C=O) groups excluding carboxylic acids is 1. The topological polar surface area (TPSA) is 117 Å². The lowest BCUT2D eigenvalue weighted by Gasteiger charge is -2.25. The van der Waals surface area contributed by atoms with Crippen LogP contribution in [0.1, 0.15) is 51.1 Å². The second-order valence-electron chi connectivity index (χ2n) is 7.18. The molecule has 3 rings (SSSR count). The van der Waals surface area contributed by atoms with Gasteiger partial charge < -0.3 is 5.32 Å². The number of aromatic nitrogens is 4. The van der Waals surface area contributed by atoms with E-state index in [0.717, 1.165) is 25.7 Å². The van der Waals surface area contributed by atoms with Crippen LogP contribution in [0.2, 0.25) is 5.15 Å². The number of nitrogens with one attached hydrogen (secondary N) is 3. The Hall–Kier alpha value is -2.48. The molecule has 0 saturated heterocycles. The van der Waals surface area contributed by atoms with Crippen LogP contribution < -0.4 is 10.9 Å². The Kier molecular flexibility index (Phi) is 5.74. The van der Waals surface area contributed by atoms with Crippen molar-refractivity contribution in [3.63, 3.8) is 0 Å². The van der Waals surface area contributed by atoms with Crippen LogP contribution in [0, 0.1) is 17.2 Å². The highest BCUT2D eigenvalue weighted by Gasteiger charge is 2.26. The molecule has 1 aliphatic carbocycles. The number of hydrogen-bond donors (Lipinski definition) is 3.